The number of aliphatic hydroxyl groups is 4. The van der Waals surface area contributed by atoms with Crippen LogP contribution in [0.5, 0.6) is 0 Å². The first kappa shape index (κ1) is 9.76. The average molecular weight is 152 g/mol. The molecule has 0 aromatic heterocycles. The molecule has 6 nitrogen and oxygen atoms in total. The molecular weight excluding hydrogens is 140 g/mol. The molecule has 0 aliphatic carbocycles. The number of hydrogen-bond donors (Lipinski definition) is 6. The van der Waals surface area contributed by atoms with E-state index in [0.717, 1.165) is 0 Å². The molecule has 0 amide bonds. The van der Waals surface area contributed by atoms with Crippen LogP contribution in [0.15, 0.2) is 0 Å². The minimum atomic E-state index is -2.37. The third-order valence-electron chi connectivity index (χ3n) is 1.23. The van der Waals surface area contributed by atoms with Crippen molar-refractivity contribution in [1.29, 1.82) is 0 Å². The van der Waals surface area contributed by atoms with Gasteiger partial charge in [-0.15, -0.1) is 0 Å². The Bertz CT molecular complexity index is 99.8. The van der Waals surface area contributed by atoms with E-state index >= 15 is 0 Å². The Labute approximate surface area is 57.7 Å². The maximum absolute atomic E-state index is 8.84. The summed E-state index contributed by atoms with van der Waals surface area (Å²) in [4.78, 5) is 0. The lowest BCUT2D eigenvalue weighted by molar-refractivity contribution is -0.183. The summed E-state index contributed by atoms with van der Waals surface area (Å²) in [7, 11) is 0. The molecule has 2 atom stereocenters. The highest BCUT2D eigenvalue weighted by molar-refractivity contribution is 4.89. The maximum Gasteiger partial charge on any atom is 0.182 e. The third kappa shape index (κ3) is 1.63. The zero-order chi connectivity index (χ0) is 8.41. The minimum Gasteiger partial charge on any atom is -0.392 e. The molecule has 0 saturated heterocycles. The van der Waals surface area contributed by atoms with E-state index in [1.54, 1.807) is 0 Å². The predicted molar refractivity (Wildman–Crippen MR) is 32.4 cm³/mol. The van der Waals surface area contributed by atoms with Crippen LogP contribution in [0, 0.1) is 0 Å². The van der Waals surface area contributed by atoms with Crippen molar-refractivity contribution in [3.63, 3.8) is 0 Å². The van der Waals surface area contributed by atoms with Crippen molar-refractivity contribution in [2.24, 2.45) is 11.5 Å². The van der Waals surface area contributed by atoms with E-state index in [1.807, 2.05) is 0 Å². The fraction of sp³-hybridized carbons (Fsp3) is 1.00. The second-order valence-electron chi connectivity index (χ2n) is 2.16. The summed E-state index contributed by atoms with van der Waals surface area (Å²) >= 11 is 0. The first-order valence-electron chi connectivity index (χ1n) is 2.61. The first-order chi connectivity index (χ1) is 4.37. The normalized spacial score (nSPS) is 23.4. The van der Waals surface area contributed by atoms with Gasteiger partial charge in [0.2, 0.25) is 0 Å². The Morgan fingerprint density at radius 1 is 0.900 bits per heavy atom. The molecule has 0 saturated carbocycles. The molecule has 0 bridgehead atoms. The molecule has 0 unspecified atom stereocenters. The van der Waals surface area contributed by atoms with Crippen molar-refractivity contribution in [3.8, 4) is 0 Å². The van der Waals surface area contributed by atoms with Gasteiger partial charge in [0.15, 0.2) is 11.4 Å². The van der Waals surface area contributed by atoms with Crippen LogP contribution in [0.2, 0.25) is 0 Å². The minimum absolute atomic E-state index is 0.930. The van der Waals surface area contributed by atoms with Gasteiger partial charge in [-0.1, -0.05) is 0 Å². The summed E-state index contributed by atoms with van der Waals surface area (Å²) in [6, 6.07) is 0. The summed E-state index contributed by atoms with van der Waals surface area (Å²) in [5, 5.41) is 34.4. The van der Waals surface area contributed by atoms with Gasteiger partial charge in [-0.05, 0) is 0 Å². The van der Waals surface area contributed by atoms with E-state index < -0.39 is 24.7 Å². The van der Waals surface area contributed by atoms with E-state index in [4.69, 9.17) is 31.9 Å². The molecule has 0 heterocycles. The highest BCUT2D eigenvalue weighted by Gasteiger charge is 2.42. The standard InChI is InChI=1S/C4H12N2O4/c5-3(9,1-7)4(6,10)2-8/h7-10H,1-2,5-6H2/t3-,4-/m1/s1. The Kier molecular flexibility index (Phi) is 2.72. The Morgan fingerprint density at radius 2 is 1.10 bits per heavy atom. The van der Waals surface area contributed by atoms with Gasteiger partial charge in [0, 0.05) is 0 Å². The number of rotatable bonds is 3. The van der Waals surface area contributed by atoms with Crippen molar-refractivity contribution in [2.75, 3.05) is 13.2 Å². The van der Waals surface area contributed by atoms with Gasteiger partial charge >= 0.3 is 0 Å². The first-order valence-corrected chi connectivity index (χ1v) is 2.61. The monoisotopic (exact) mass is 152 g/mol. The fourth-order valence-corrected chi connectivity index (χ4v) is 0.274. The Hall–Kier alpha value is -0.240. The van der Waals surface area contributed by atoms with Gasteiger partial charge < -0.3 is 20.4 Å². The predicted octanol–water partition coefficient (Wildman–Crippen LogP) is -3.73. The maximum atomic E-state index is 8.84. The van der Waals surface area contributed by atoms with Gasteiger partial charge in [-0.3, -0.25) is 11.5 Å². The molecule has 62 valence electrons. The average Bonchev–Trinajstić information content (AvgIpc) is 1.88. The zero-order valence-electron chi connectivity index (χ0n) is 5.36. The lowest BCUT2D eigenvalue weighted by Crippen LogP contribution is -2.70. The van der Waals surface area contributed by atoms with Crippen molar-refractivity contribution >= 4 is 0 Å². The van der Waals surface area contributed by atoms with Crippen molar-refractivity contribution in [2.45, 2.75) is 11.4 Å². The van der Waals surface area contributed by atoms with E-state index in [9.17, 15) is 0 Å². The summed E-state index contributed by atoms with van der Waals surface area (Å²) in [6.07, 6.45) is 0. The van der Waals surface area contributed by atoms with Gasteiger partial charge in [-0.2, -0.15) is 0 Å². The lowest BCUT2D eigenvalue weighted by Gasteiger charge is -2.34. The number of nitrogens with two attached hydrogens (primary N) is 2. The summed E-state index contributed by atoms with van der Waals surface area (Å²) in [6.45, 7) is -1.86. The molecule has 0 spiro atoms. The Balaban J connectivity index is 4.28. The van der Waals surface area contributed by atoms with Crippen LogP contribution >= 0.6 is 0 Å². The van der Waals surface area contributed by atoms with Crippen LogP contribution in [0.1, 0.15) is 0 Å². The SMILES string of the molecule is N[C@@](O)(CO)[C@](N)(O)CO. The van der Waals surface area contributed by atoms with E-state index in [1.165, 1.54) is 0 Å². The molecule has 0 aromatic carbocycles. The van der Waals surface area contributed by atoms with Crippen LogP contribution in [-0.4, -0.2) is 45.1 Å². The van der Waals surface area contributed by atoms with Gasteiger partial charge in [-0.25, -0.2) is 0 Å². The smallest absolute Gasteiger partial charge is 0.182 e. The van der Waals surface area contributed by atoms with E-state index in [2.05, 4.69) is 0 Å². The van der Waals surface area contributed by atoms with Crippen molar-refractivity contribution in [1.82, 2.24) is 0 Å². The molecule has 0 aliphatic rings. The van der Waals surface area contributed by atoms with Crippen LogP contribution in [-0.2, 0) is 0 Å². The van der Waals surface area contributed by atoms with Crippen LogP contribution in [0.3, 0.4) is 0 Å². The van der Waals surface area contributed by atoms with Gasteiger partial charge in [0.05, 0.1) is 13.2 Å². The van der Waals surface area contributed by atoms with Crippen molar-refractivity contribution < 1.29 is 20.4 Å². The topological polar surface area (TPSA) is 133 Å². The fourth-order valence-electron chi connectivity index (χ4n) is 0.274. The molecule has 0 aliphatic heterocycles. The molecule has 10 heavy (non-hydrogen) atoms. The van der Waals surface area contributed by atoms with Crippen LogP contribution in [0.4, 0.5) is 0 Å². The summed E-state index contributed by atoms with van der Waals surface area (Å²) in [5.74, 6) is 0. The molecule has 6 heteroatoms. The number of hydrogen-bond acceptors (Lipinski definition) is 6. The van der Waals surface area contributed by atoms with Crippen LogP contribution in [0.25, 0.3) is 0 Å². The second kappa shape index (κ2) is 2.79. The molecular formula is C4H12N2O4. The van der Waals surface area contributed by atoms with E-state index in [0.29, 0.717) is 0 Å². The largest absolute Gasteiger partial charge is 0.392 e. The second-order valence-corrected chi connectivity index (χ2v) is 2.16. The highest BCUT2D eigenvalue weighted by atomic mass is 16.4. The third-order valence-corrected chi connectivity index (χ3v) is 1.23. The number of aliphatic hydroxyl groups excluding tert-OH is 2. The Morgan fingerprint density at radius 3 is 1.20 bits per heavy atom. The molecule has 8 N–H and O–H groups in total. The quantitative estimate of drug-likeness (QED) is 0.230. The molecule has 0 aromatic rings. The van der Waals surface area contributed by atoms with E-state index in [-0.39, 0.29) is 0 Å². The highest BCUT2D eigenvalue weighted by Crippen LogP contribution is 2.08. The summed E-state index contributed by atoms with van der Waals surface area (Å²) < 4.78 is 0. The summed E-state index contributed by atoms with van der Waals surface area (Å²) in [5.41, 5.74) is 5.00. The molecule has 0 radical (unpaired) electrons. The van der Waals surface area contributed by atoms with Gasteiger partial charge in [0.25, 0.3) is 0 Å². The van der Waals surface area contributed by atoms with Crippen LogP contribution < -0.4 is 11.5 Å². The van der Waals surface area contributed by atoms with Crippen molar-refractivity contribution in [3.05, 3.63) is 0 Å². The zero-order valence-corrected chi connectivity index (χ0v) is 5.36. The lowest BCUT2D eigenvalue weighted by atomic mass is 10.0. The molecule has 0 fully saturated rings. The van der Waals surface area contributed by atoms with Gasteiger partial charge in [0.1, 0.15) is 0 Å². The molecule has 0 rings (SSSR count).